The van der Waals surface area contributed by atoms with Gasteiger partial charge in [0.2, 0.25) is 0 Å². The Morgan fingerprint density at radius 1 is 1.29 bits per heavy atom. The number of nitrogens with two attached hydrogens (primary N) is 1. The molecule has 2 N–H and O–H groups in total. The average molecular weight is 228 g/mol. The van der Waals surface area contributed by atoms with E-state index in [4.69, 9.17) is 10.5 Å². The summed E-state index contributed by atoms with van der Waals surface area (Å²) in [7, 11) is 0. The first-order valence-electron chi connectivity index (χ1n) is 5.63. The Kier molecular flexibility index (Phi) is 3.60. The van der Waals surface area contributed by atoms with E-state index in [1.165, 1.54) is 5.56 Å². The molecule has 0 radical (unpaired) electrons. The van der Waals surface area contributed by atoms with Crippen LogP contribution in [0.2, 0.25) is 0 Å². The van der Waals surface area contributed by atoms with Gasteiger partial charge in [0.25, 0.3) is 0 Å². The second kappa shape index (κ2) is 5.34. The molecule has 88 valence electrons. The lowest BCUT2D eigenvalue weighted by atomic mass is 10.2. The largest absolute Gasteiger partial charge is 0.493 e. The SMILES string of the molecule is Cc1cc(OCCc2cccnc2)ccc1N. The molecule has 1 heterocycles. The monoisotopic (exact) mass is 228 g/mol. The third-order valence-corrected chi connectivity index (χ3v) is 2.62. The second-order valence-electron chi connectivity index (χ2n) is 3.98. The maximum absolute atomic E-state index is 5.74. The number of hydrogen-bond donors (Lipinski definition) is 1. The zero-order chi connectivity index (χ0) is 12.1. The molecule has 0 aliphatic carbocycles. The summed E-state index contributed by atoms with van der Waals surface area (Å²) in [5.74, 6) is 0.862. The van der Waals surface area contributed by atoms with Gasteiger partial charge in [-0.2, -0.15) is 0 Å². The maximum Gasteiger partial charge on any atom is 0.119 e. The van der Waals surface area contributed by atoms with E-state index in [9.17, 15) is 0 Å². The molecule has 0 saturated carbocycles. The lowest BCUT2D eigenvalue weighted by Crippen LogP contribution is -2.02. The van der Waals surface area contributed by atoms with Crippen LogP contribution in [0.25, 0.3) is 0 Å². The van der Waals surface area contributed by atoms with Crippen LogP contribution >= 0.6 is 0 Å². The predicted molar refractivity (Wildman–Crippen MR) is 69.0 cm³/mol. The molecular formula is C14H16N2O. The first-order chi connectivity index (χ1) is 8.25. The second-order valence-corrected chi connectivity index (χ2v) is 3.98. The van der Waals surface area contributed by atoms with Crippen molar-refractivity contribution in [2.45, 2.75) is 13.3 Å². The average Bonchev–Trinajstić information content (AvgIpc) is 2.35. The quantitative estimate of drug-likeness (QED) is 0.818. The zero-order valence-electron chi connectivity index (χ0n) is 9.89. The molecule has 17 heavy (non-hydrogen) atoms. The van der Waals surface area contributed by atoms with E-state index >= 15 is 0 Å². The van der Waals surface area contributed by atoms with Gasteiger partial charge in [0.1, 0.15) is 5.75 Å². The Labute approximate surface area is 101 Å². The Morgan fingerprint density at radius 3 is 2.88 bits per heavy atom. The van der Waals surface area contributed by atoms with Gasteiger partial charge in [0, 0.05) is 24.5 Å². The van der Waals surface area contributed by atoms with Crippen LogP contribution in [0.5, 0.6) is 5.75 Å². The number of hydrogen-bond acceptors (Lipinski definition) is 3. The highest BCUT2D eigenvalue weighted by molar-refractivity contribution is 5.49. The highest BCUT2D eigenvalue weighted by Crippen LogP contribution is 2.18. The van der Waals surface area contributed by atoms with Crippen LogP contribution in [0.15, 0.2) is 42.7 Å². The molecule has 2 aromatic rings. The lowest BCUT2D eigenvalue weighted by Gasteiger charge is -2.08. The predicted octanol–water partition coefficient (Wildman–Crippen LogP) is 2.59. The molecule has 1 aromatic carbocycles. The summed E-state index contributed by atoms with van der Waals surface area (Å²) >= 11 is 0. The number of aryl methyl sites for hydroxylation is 1. The molecule has 1 aromatic heterocycles. The minimum Gasteiger partial charge on any atom is -0.493 e. The van der Waals surface area contributed by atoms with E-state index < -0.39 is 0 Å². The Morgan fingerprint density at radius 2 is 2.18 bits per heavy atom. The zero-order valence-corrected chi connectivity index (χ0v) is 9.89. The van der Waals surface area contributed by atoms with Crippen LogP contribution in [0.4, 0.5) is 5.69 Å². The van der Waals surface area contributed by atoms with Crippen molar-refractivity contribution in [3.05, 3.63) is 53.9 Å². The highest BCUT2D eigenvalue weighted by Gasteiger charge is 1.98. The van der Waals surface area contributed by atoms with Crippen molar-refractivity contribution in [3.8, 4) is 5.75 Å². The summed E-state index contributed by atoms with van der Waals surface area (Å²) in [5.41, 5.74) is 8.77. The van der Waals surface area contributed by atoms with Crippen LogP contribution in [0.3, 0.4) is 0 Å². The van der Waals surface area contributed by atoms with E-state index in [-0.39, 0.29) is 0 Å². The normalized spacial score (nSPS) is 10.2. The van der Waals surface area contributed by atoms with E-state index in [1.807, 2.05) is 43.5 Å². The molecule has 2 rings (SSSR count). The Hall–Kier alpha value is -2.03. The number of nitrogen functional groups attached to an aromatic ring is 1. The fourth-order valence-corrected chi connectivity index (χ4v) is 1.57. The molecule has 0 aliphatic rings. The van der Waals surface area contributed by atoms with Gasteiger partial charge in [-0.15, -0.1) is 0 Å². The van der Waals surface area contributed by atoms with Crippen molar-refractivity contribution < 1.29 is 4.74 Å². The number of anilines is 1. The summed E-state index contributed by atoms with van der Waals surface area (Å²) in [6.07, 6.45) is 4.49. The van der Waals surface area contributed by atoms with Gasteiger partial charge >= 0.3 is 0 Å². The Bertz CT molecular complexity index is 483. The number of ether oxygens (including phenoxy) is 1. The number of rotatable bonds is 4. The first-order valence-corrected chi connectivity index (χ1v) is 5.63. The van der Waals surface area contributed by atoms with Gasteiger partial charge in [-0.1, -0.05) is 6.07 Å². The summed E-state index contributed by atoms with van der Waals surface area (Å²) in [6.45, 7) is 2.62. The van der Waals surface area contributed by atoms with Gasteiger partial charge in [-0.25, -0.2) is 0 Å². The topological polar surface area (TPSA) is 48.1 Å². The summed E-state index contributed by atoms with van der Waals surface area (Å²) < 4.78 is 5.66. The molecule has 0 amide bonds. The summed E-state index contributed by atoms with van der Waals surface area (Å²) in [4.78, 5) is 4.06. The van der Waals surface area contributed by atoms with Crippen LogP contribution in [0.1, 0.15) is 11.1 Å². The summed E-state index contributed by atoms with van der Waals surface area (Å²) in [5, 5.41) is 0. The summed E-state index contributed by atoms with van der Waals surface area (Å²) in [6, 6.07) is 9.70. The van der Waals surface area contributed by atoms with Crippen molar-refractivity contribution in [2.24, 2.45) is 0 Å². The highest BCUT2D eigenvalue weighted by atomic mass is 16.5. The lowest BCUT2D eigenvalue weighted by molar-refractivity contribution is 0.321. The number of nitrogens with zero attached hydrogens (tertiary/aromatic N) is 1. The number of benzene rings is 1. The number of aromatic nitrogens is 1. The molecule has 0 saturated heterocycles. The fraction of sp³-hybridized carbons (Fsp3) is 0.214. The molecular weight excluding hydrogens is 212 g/mol. The van der Waals surface area contributed by atoms with Gasteiger partial charge in [-0.3, -0.25) is 4.98 Å². The van der Waals surface area contributed by atoms with Crippen LogP contribution in [0, 0.1) is 6.92 Å². The van der Waals surface area contributed by atoms with Crippen molar-refractivity contribution >= 4 is 5.69 Å². The van der Waals surface area contributed by atoms with E-state index in [0.29, 0.717) is 6.61 Å². The van der Waals surface area contributed by atoms with Crippen LogP contribution < -0.4 is 10.5 Å². The van der Waals surface area contributed by atoms with Gasteiger partial charge in [0.05, 0.1) is 6.61 Å². The van der Waals surface area contributed by atoms with Crippen molar-refractivity contribution in [2.75, 3.05) is 12.3 Å². The van der Waals surface area contributed by atoms with Crippen molar-refractivity contribution in [1.29, 1.82) is 0 Å². The van der Waals surface area contributed by atoms with Gasteiger partial charge in [0.15, 0.2) is 0 Å². The molecule has 0 aliphatic heterocycles. The first kappa shape index (κ1) is 11.5. The van der Waals surface area contributed by atoms with E-state index in [2.05, 4.69) is 4.98 Å². The van der Waals surface area contributed by atoms with Crippen LogP contribution in [-0.4, -0.2) is 11.6 Å². The van der Waals surface area contributed by atoms with Crippen molar-refractivity contribution in [3.63, 3.8) is 0 Å². The smallest absolute Gasteiger partial charge is 0.119 e. The molecule has 0 fully saturated rings. The molecule has 3 heteroatoms. The standard InChI is InChI=1S/C14H16N2O/c1-11-9-13(4-5-14(11)15)17-8-6-12-3-2-7-16-10-12/h2-5,7,9-10H,6,8,15H2,1H3. The minimum atomic E-state index is 0.648. The van der Waals surface area contributed by atoms with Gasteiger partial charge in [-0.05, 0) is 42.3 Å². The molecule has 0 unspecified atom stereocenters. The third-order valence-electron chi connectivity index (χ3n) is 2.62. The van der Waals surface area contributed by atoms with Crippen molar-refractivity contribution in [1.82, 2.24) is 4.98 Å². The van der Waals surface area contributed by atoms with E-state index in [0.717, 1.165) is 23.4 Å². The van der Waals surface area contributed by atoms with Crippen LogP contribution in [-0.2, 0) is 6.42 Å². The van der Waals surface area contributed by atoms with Gasteiger partial charge < -0.3 is 10.5 Å². The number of pyridine rings is 1. The fourth-order valence-electron chi connectivity index (χ4n) is 1.57. The molecule has 3 nitrogen and oxygen atoms in total. The third kappa shape index (κ3) is 3.21. The minimum absolute atomic E-state index is 0.648. The Balaban J connectivity index is 1.88. The maximum atomic E-state index is 5.74. The molecule has 0 atom stereocenters. The molecule has 0 bridgehead atoms. The van der Waals surface area contributed by atoms with E-state index in [1.54, 1.807) is 6.20 Å². The molecule has 0 spiro atoms.